The molecule has 0 N–H and O–H groups in total. The van der Waals surface area contributed by atoms with Crippen LogP contribution in [0.3, 0.4) is 0 Å². The molecule has 3 nitrogen and oxygen atoms in total. The Balaban J connectivity index is 3.86. The summed E-state index contributed by atoms with van der Waals surface area (Å²) in [6.07, 6.45) is 0. The molecular formula is C8H21NO2Si. The Bertz CT molecular complexity index is 93.1. The lowest BCUT2D eigenvalue weighted by Gasteiger charge is -2.26. The maximum absolute atomic E-state index is 5.57. The van der Waals surface area contributed by atoms with Gasteiger partial charge in [-0.05, 0) is 26.9 Å². The van der Waals surface area contributed by atoms with E-state index in [0.29, 0.717) is 0 Å². The lowest BCUT2D eigenvalue weighted by molar-refractivity contribution is 0.158. The topological polar surface area (TPSA) is 21.7 Å². The highest BCUT2D eigenvalue weighted by Crippen LogP contribution is 1.98. The fourth-order valence-electron chi connectivity index (χ4n) is 1.07. The van der Waals surface area contributed by atoms with Gasteiger partial charge in [-0.2, -0.15) is 0 Å². The Kier molecular flexibility index (Phi) is 7.79. The molecule has 0 saturated heterocycles. The third kappa shape index (κ3) is 4.20. The zero-order valence-electron chi connectivity index (χ0n) is 8.67. The van der Waals surface area contributed by atoms with Crippen LogP contribution in [0.2, 0.25) is 0 Å². The second-order valence-electron chi connectivity index (χ2n) is 2.44. The van der Waals surface area contributed by atoms with E-state index in [4.69, 9.17) is 8.85 Å². The molecule has 0 aromatic rings. The van der Waals surface area contributed by atoms with Gasteiger partial charge in [0.05, 0.1) is 0 Å². The smallest absolute Gasteiger partial charge is 0.385 e. The molecule has 0 rings (SSSR count). The fraction of sp³-hybridized carbons (Fsp3) is 1.00. The summed E-state index contributed by atoms with van der Waals surface area (Å²) in [5.74, 6) is 0. The summed E-state index contributed by atoms with van der Waals surface area (Å²) in [6.45, 7) is 11.9. The Morgan fingerprint density at radius 1 is 0.917 bits per heavy atom. The molecule has 0 aromatic carbocycles. The maximum Gasteiger partial charge on any atom is 0.411 e. The summed E-state index contributed by atoms with van der Waals surface area (Å²) in [6, 6.07) is 0. The van der Waals surface area contributed by atoms with E-state index in [0.717, 1.165) is 26.3 Å². The van der Waals surface area contributed by atoms with Crippen molar-refractivity contribution in [1.82, 2.24) is 4.57 Å². The van der Waals surface area contributed by atoms with Crippen molar-refractivity contribution in [2.75, 3.05) is 26.3 Å². The SMILES string of the molecule is CCO[SiH](OCC)N(CC)CC. The van der Waals surface area contributed by atoms with Gasteiger partial charge in [-0.1, -0.05) is 13.8 Å². The number of nitrogens with zero attached hydrogens (tertiary/aromatic N) is 1. The van der Waals surface area contributed by atoms with Crippen LogP contribution >= 0.6 is 0 Å². The van der Waals surface area contributed by atoms with Crippen molar-refractivity contribution < 1.29 is 8.85 Å². The summed E-state index contributed by atoms with van der Waals surface area (Å²) in [4.78, 5) is 0. The van der Waals surface area contributed by atoms with Gasteiger partial charge in [-0.25, -0.2) is 0 Å². The molecule has 0 amide bonds. The first-order valence-corrected chi connectivity index (χ1v) is 6.23. The minimum Gasteiger partial charge on any atom is -0.385 e. The first-order chi connectivity index (χ1) is 5.79. The summed E-state index contributed by atoms with van der Waals surface area (Å²) in [5, 5.41) is 0. The van der Waals surface area contributed by atoms with E-state index in [1.165, 1.54) is 0 Å². The quantitative estimate of drug-likeness (QED) is 0.563. The lowest BCUT2D eigenvalue weighted by atomic mass is 10.7. The third-order valence-electron chi connectivity index (χ3n) is 1.73. The van der Waals surface area contributed by atoms with E-state index < -0.39 is 9.45 Å². The maximum atomic E-state index is 5.57. The zero-order valence-corrected chi connectivity index (χ0v) is 9.82. The van der Waals surface area contributed by atoms with Gasteiger partial charge in [0, 0.05) is 13.2 Å². The van der Waals surface area contributed by atoms with E-state index in [1.807, 2.05) is 13.8 Å². The van der Waals surface area contributed by atoms with Crippen molar-refractivity contribution in [3.05, 3.63) is 0 Å². The normalized spacial score (nSPS) is 11.5. The summed E-state index contributed by atoms with van der Waals surface area (Å²) in [5.41, 5.74) is 0. The molecule has 0 aliphatic heterocycles. The van der Waals surface area contributed by atoms with Crippen LogP contribution in [0.15, 0.2) is 0 Å². The lowest BCUT2D eigenvalue weighted by Crippen LogP contribution is -2.44. The molecule has 0 spiro atoms. The van der Waals surface area contributed by atoms with Crippen molar-refractivity contribution in [2.24, 2.45) is 0 Å². The van der Waals surface area contributed by atoms with Crippen LogP contribution in [0.4, 0.5) is 0 Å². The van der Waals surface area contributed by atoms with Crippen molar-refractivity contribution >= 4 is 9.45 Å². The standard InChI is InChI=1S/C8H21NO2Si/c1-5-9(6-2)12(10-7-3)11-8-4/h12H,5-8H2,1-4H3. The first-order valence-electron chi connectivity index (χ1n) is 4.77. The summed E-state index contributed by atoms with van der Waals surface area (Å²) in [7, 11) is -1.52. The summed E-state index contributed by atoms with van der Waals surface area (Å²) >= 11 is 0. The third-order valence-corrected chi connectivity index (χ3v) is 4.29. The Hall–Kier alpha value is 0.0969. The highest BCUT2D eigenvalue weighted by atomic mass is 28.3. The van der Waals surface area contributed by atoms with Crippen molar-refractivity contribution in [2.45, 2.75) is 27.7 Å². The average molecular weight is 191 g/mol. The molecule has 0 aliphatic carbocycles. The second-order valence-corrected chi connectivity index (χ2v) is 4.45. The van der Waals surface area contributed by atoms with E-state index in [9.17, 15) is 0 Å². The van der Waals surface area contributed by atoms with Gasteiger partial charge < -0.3 is 8.85 Å². The predicted octanol–water partition coefficient (Wildman–Crippen LogP) is 1.12. The number of rotatable bonds is 7. The molecule has 0 unspecified atom stereocenters. The molecule has 0 bridgehead atoms. The van der Waals surface area contributed by atoms with Crippen LogP contribution in [0.25, 0.3) is 0 Å². The second kappa shape index (κ2) is 7.73. The Labute approximate surface area is 77.6 Å². The molecule has 74 valence electrons. The highest BCUT2D eigenvalue weighted by molar-refractivity contribution is 6.40. The average Bonchev–Trinajstić information content (AvgIpc) is 2.07. The van der Waals surface area contributed by atoms with Crippen LogP contribution < -0.4 is 0 Å². The molecule has 0 fully saturated rings. The monoisotopic (exact) mass is 191 g/mol. The Morgan fingerprint density at radius 2 is 1.33 bits per heavy atom. The van der Waals surface area contributed by atoms with Crippen LogP contribution in [-0.2, 0) is 8.85 Å². The van der Waals surface area contributed by atoms with Gasteiger partial charge in [-0.15, -0.1) is 0 Å². The van der Waals surface area contributed by atoms with Crippen LogP contribution in [-0.4, -0.2) is 40.3 Å². The molecule has 12 heavy (non-hydrogen) atoms. The Morgan fingerprint density at radius 3 is 1.58 bits per heavy atom. The first kappa shape index (κ1) is 12.1. The van der Waals surface area contributed by atoms with Gasteiger partial charge in [0.1, 0.15) is 0 Å². The van der Waals surface area contributed by atoms with Crippen LogP contribution in [0.1, 0.15) is 27.7 Å². The molecular weight excluding hydrogens is 170 g/mol. The van der Waals surface area contributed by atoms with Crippen molar-refractivity contribution in [3.8, 4) is 0 Å². The molecule has 0 heterocycles. The molecule has 0 aliphatic rings. The van der Waals surface area contributed by atoms with Crippen molar-refractivity contribution in [1.29, 1.82) is 0 Å². The van der Waals surface area contributed by atoms with Crippen LogP contribution in [0.5, 0.6) is 0 Å². The van der Waals surface area contributed by atoms with Crippen LogP contribution in [0, 0.1) is 0 Å². The van der Waals surface area contributed by atoms with E-state index in [1.54, 1.807) is 0 Å². The largest absolute Gasteiger partial charge is 0.411 e. The number of hydrogen-bond acceptors (Lipinski definition) is 3. The van der Waals surface area contributed by atoms with E-state index >= 15 is 0 Å². The summed E-state index contributed by atoms with van der Waals surface area (Å²) < 4.78 is 13.4. The van der Waals surface area contributed by atoms with Gasteiger partial charge in [0.2, 0.25) is 0 Å². The highest BCUT2D eigenvalue weighted by Gasteiger charge is 2.19. The fourth-order valence-corrected chi connectivity index (χ4v) is 2.75. The molecule has 0 radical (unpaired) electrons. The predicted molar refractivity (Wildman–Crippen MR) is 53.3 cm³/mol. The van der Waals surface area contributed by atoms with E-state index in [2.05, 4.69) is 18.4 Å². The zero-order chi connectivity index (χ0) is 9.40. The van der Waals surface area contributed by atoms with E-state index in [-0.39, 0.29) is 0 Å². The molecule has 0 atom stereocenters. The van der Waals surface area contributed by atoms with Gasteiger partial charge in [-0.3, -0.25) is 4.57 Å². The van der Waals surface area contributed by atoms with Gasteiger partial charge >= 0.3 is 9.45 Å². The minimum atomic E-state index is -1.52. The minimum absolute atomic E-state index is 0.757. The molecule has 0 saturated carbocycles. The van der Waals surface area contributed by atoms with Crippen molar-refractivity contribution in [3.63, 3.8) is 0 Å². The van der Waals surface area contributed by atoms with Gasteiger partial charge in [0.25, 0.3) is 0 Å². The molecule has 4 heteroatoms. The molecule has 0 aromatic heterocycles. The van der Waals surface area contributed by atoms with Gasteiger partial charge in [0.15, 0.2) is 0 Å². The number of hydrogen-bond donors (Lipinski definition) is 0.